The van der Waals surface area contributed by atoms with Crippen LogP contribution in [0.2, 0.25) is 0 Å². The summed E-state index contributed by atoms with van der Waals surface area (Å²) in [5, 5.41) is 7.70. The third-order valence-electron chi connectivity index (χ3n) is 11.7. The molecular weight excluding hydrogens is 709 g/mol. The molecule has 0 bridgehead atoms. The molecule has 266 valence electrons. The molecule has 9 aromatic carbocycles. The highest BCUT2D eigenvalue weighted by atomic mass is 32.1. The summed E-state index contributed by atoms with van der Waals surface area (Å²) in [6, 6.07) is 75.7. The highest BCUT2D eigenvalue weighted by molar-refractivity contribution is 7.25. The topological polar surface area (TPSA) is 9.86 Å². The van der Waals surface area contributed by atoms with Gasteiger partial charge in [-0.1, -0.05) is 140 Å². The van der Waals surface area contributed by atoms with Crippen molar-refractivity contribution in [3.8, 4) is 44.8 Å². The Bertz CT molecular complexity index is 3490. The Morgan fingerprint density at radius 2 is 0.649 bits per heavy atom. The third kappa shape index (κ3) is 5.10. The molecule has 0 aliphatic carbocycles. The number of fused-ring (bicyclic) bond motifs is 9. The van der Waals surface area contributed by atoms with Crippen LogP contribution in [0.15, 0.2) is 206 Å². The molecule has 12 aromatic rings. The maximum Gasteiger partial charge on any atom is 0.0547 e. The van der Waals surface area contributed by atoms with Crippen molar-refractivity contribution >= 4 is 75.1 Å². The monoisotopic (exact) mass is 742 g/mol. The van der Waals surface area contributed by atoms with Gasteiger partial charge in [-0.15, -0.1) is 11.3 Å². The minimum absolute atomic E-state index is 1.15. The second-order valence-corrected chi connectivity index (χ2v) is 16.0. The fraction of sp³-hybridized carbons (Fsp3) is 0. The number of aromatic nitrogens is 2. The Kier molecular flexibility index (Phi) is 7.13. The molecule has 3 heteroatoms. The smallest absolute Gasteiger partial charge is 0.0547 e. The minimum Gasteiger partial charge on any atom is -0.309 e. The van der Waals surface area contributed by atoms with Gasteiger partial charge in [-0.3, -0.25) is 0 Å². The molecule has 3 heterocycles. The highest BCUT2D eigenvalue weighted by Gasteiger charge is 2.16. The van der Waals surface area contributed by atoms with Crippen LogP contribution in [0.4, 0.5) is 0 Å². The zero-order valence-electron chi connectivity index (χ0n) is 30.9. The number of rotatable bonds is 5. The Morgan fingerprint density at radius 3 is 1.26 bits per heavy atom. The van der Waals surface area contributed by atoms with Crippen molar-refractivity contribution in [3.05, 3.63) is 206 Å². The van der Waals surface area contributed by atoms with E-state index in [9.17, 15) is 0 Å². The predicted molar refractivity (Wildman–Crippen MR) is 244 cm³/mol. The Hall–Kier alpha value is -7.20. The van der Waals surface area contributed by atoms with E-state index in [4.69, 9.17) is 0 Å². The molecular formula is C54H34N2S. The SMILES string of the molecule is c1ccc(-n2c3ccccc3c3ccc(-c4ccc5c6ccccc6n(-c6ccc(-c7ccc(-c8ccc9sc%10ccccc%10c9c8)cc7)cc6)c5c4)cc32)cc1. The fourth-order valence-corrected chi connectivity index (χ4v) is 10.1. The van der Waals surface area contributed by atoms with Gasteiger partial charge in [0.05, 0.1) is 22.1 Å². The zero-order valence-corrected chi connectivity index (χ0v) is 31.7. The highest BCUT2D eigenvalue weighted by Crippen LogP contribution is 2.40. The van der Waals surface area contributed by atoms with E-state index in [0.29, 0.717) is 0 Å². The van der Waals surface area contributed by atoms with E-state index in [1.165, 1.54) is 103 Å². The van der Waals surface area contributed by atoms with E-state index < -0.39 is 0 Å². The van der Waals surface area contributed by atoms with Gasteiger partial charge in [0.2, 0.25) is 0 Å². The van der Waals surface area contributed by atoms with Crippen LogP contribution in [-0.2, 0) is 0 Å². The molecule has 0 fully saturated rings. The van der Waals surface area contributed by atoms with E-state index in [0.717, 1.165) is 5.69 Å². The first-order valence-corrected chi connectivity index (χ1v) is 20.3. The van der Waals surface area contributed by atoms with Crippen LogP contribution in [0.25, 0.3) is 109 Å². The second-order valence-electron chi connectivity index (χ2n) is 14.9. The standard InChI is InChI=1S/C54H34N2S/c1-2-10-41(11-3-1)55-49-15-7-4-12-43(49)45-29-24-39(33-51(45)55)40-25-30-46-44-13-5-8-16-50(44)56(52(46)34-40)42-27-22-36(23-28-42)35-18-20-37(21-19-35)38-26-31-54-48(32-38)47-14-6-9-17-53(47)57-54/h1-34H. The van der Waals surface area contributed by atoms with Crippen molar-refractivity contribution < 1.29 is 0 Å². The van der Waals surface area contributed by atoms with E-state index in [1.54, 1.807) is 0 Å². The molecule has 57 heavy (non-hydrogen) atoms. The quantitative estimate of drug-likeness (QED) is 0.166. The number of nitrogens with zero attached hydrogens (tertiary/aromatic N) is 2. The van der Waals surface area contributed by atoms with Crippen molar-refractivity contribution in [1.82, 2.24) is 9.13 Å². The van der Waals surface area contributed by atoms with E-state index in [1.807, 2.05) is 11.3 Å². The molecule has 12 rings (SSSR count). The minimum atomic E-state index is 1.15. The van der Waals surface area contributed by atoms with Crippen molar-refractivity contribution in [2.24, 2.45) is 0 Å². The summed E-state index contributed by atoms with van der Waals surface area (Å²) in [6.07, 6.45) is 0. The van der Waals surface area contributed by atoms with Crippen LogP contribution < -0.4 is 0 Å². The lowest BCUT2D eigenvalue weighted by atomic mass is 9.99. The lowest BCUT2D eigenvalue weighted by Crippen LogP contribution is -1.94. The van der Waals surface area contributed by atoms with Crippen molar-refractivity contribution in [2.45, 2.75) is 0 Å². The normalized spacial score (nSPS) is 11.9. The average Bonchev–Trinajstić information content (AvgIpc) is 3.94. The van der Waals surface area contributed by atoms with Crippen LogP contribution in [0.1, 0.15) is 0 Å². The predicted octanol–water partition coefficient (Wildman–Crippen LogP) is 15.2. The fourth-order valence-electron chi connectivity index (χ4n) is 9.00. The van der Waals surface area contributed by atoms with Crippen molar-refractivity contribution in [3.63, 3.8) is 0 Å². The van der Waals surface area contributed by atoms with Crippen LogP contribution in [0.5, 0.6) is 0 Å². The molecule has 0 aliphatic rings. The maximum atomic E-state index is 2.42. The number of thiophene rings is 1. The van der Waals surface area contributed by atoms with Gasteiger partial charge in [0.1, 0.15) is 0 Å². The first-order valence-electron chi connectivity index (χ1n) is 19.5. The van der Waals surface area contributed by atoms with Crippen molar-refractivity contribution in [1.29, 1.82) is 0 Å². The van der Waals surface area contributed by atoms with Crippen LogP contribution in [0, 0.1) is 0 Å². The van der Waals surface area contributed by atoms with Gasteiger partial charge < -0.3 is 9.13 Å². The third-order valence-corrected chi connectivity index (χ3v) is 12.9. The number of benzene rings is 9. The summed E-state index contributed by atoms with van der Waals surface area (Å²) < 4.78 is 7.49. The molecule has 0 unspecified atom stereocenters. The first-order chi connectivity index (χ1) is 28.2. The second kappa shape index (κ2) is 12.7. The summed E-state index contributed by atoms with van der Waals surface area (Å²) in [6.45, 7) is 0. The molecule has 0 amide bonds. The van der Waals surface area contributed by atoms with E-state index >= 15 is 0 Å². The molecule has 0 saturated heterocycles. The molecule has 0 radical (unpaired) electrons. The molecule has 0 saturated carbocycles. The Balaban J connectivity index is 0.924. The summed E-state index contributed by atoms with van der Waals surface area (Å²) in [7, 11) is 0. The van der Waals surface area contributed by atoms with Gasteiger partial charge in [0, 0.05) is 53.1 Å². The number of hydrogen-bond acceptors (Lipinski definition) is 1. The van der Waals surface area contributed by atoms with Gasteiger partial charge in [0.15, 0.2) is 0 Å². The molecule has 0 atom stereocenters. The van der Waals surface area contributed by atoms with Gasteiger partial charge in [0.25, 0.3) is 0 Å². The van der Waals surface area contributed by atoms with Crippen LogP contribution in [-0.4, -0.2) is 9.13 Å². The Morgan fingerprint density at radius 1 is 0.246 bits per heavy atom. The summed E-state index contributed by atoms with van der Waals surface area (Å²) in [5.74, 6) is 0. The summed E-state index contributed by atoms with van der Waals surface area (Å²) >= 11 is 1.86. The average molecular weight is 743 g/mol. The molecule has 0 aliphatic heterocycles. The maximum absolute atomic E-state index is 2.42. The first kappa shape index (κ1) is 32.1. The van der Waals surface area contributed by atoms with Gasteiger partial charge in [-0.2, -0.15) is 0 Å². The number of para-hydroxylation sites is 3. The lowest BCUT2D eigenvalue weighted by molar-refractivity contribution is 1.18. The largest absolute Gasteiger partial charge is 0.309 e. The molecule has 0 spiro atoms. The Labute approximate surface area is 333 Å². The molecule has 2 nitrogen and oxygen atoms in total. The molecule has 3 aromatic heterocycles. The number of hydrogen-bond donors (Lipinski definition) is 0. The lowest BCUT2D eigenvalue weighted by Gasteiger charge is -2.11. The van der Waals surface area contributed by atoms with Gasteiger partial charge in [-0.05, 0) is 100 Å². The summed E-state index contributed by atoms with van der Waals surface area (Å²) in [4.78, 5) is 0. The zero-order chi connectivity index (χ0) is 37.5. The van der Waals surface area contributed by atoms with E-state index in [2.05, 4.69) is 215 Å². The van der Waals surface area contributed by atoms with E-state index in [-0.39, 0.29) is 0 Å². The van der Waals surface area contributed by atoms with Crippen molar-refractivity contribution in [2.75, 3.05) is 0 Å². The molecule has 0 N–H and O–H groups in total. The van der Waals surface area contributed by atoms with Crippen LogP contribution >= 0.6 is 11.3 Å². The van der Waals surface area contributed by atoms with Gasteiger partial charge >= 0.3 is 0 Å². The summed E-state index contributed by atoms with van der Waals surface area (Å²) in [5.41, 5.74) is 14.4. The van der Waals surface area contributed by atoms with Gasteiger partial charge in [-0.25, -0.2) is 0 Å². The van der Waals surface area contributed by atoms with Crippen LogP contribution in [0.3, 0.4) is 0 Å².